The van der Waals surface area contributed by atoms with Crippen molar-refractivity contribution in [1.82, 2.24) is 4.90 Å². The number of hydrogen-bond acceptors (Lipinski definition) is 7. The number of ether oxygens (including phenoxy) is 2. The minimum absolute atomic E-state index is 0.0975. The summed E-state index contributed by atoms with van der Waals surface area (Å²) < 4.78 is 24.1. The van der Waals surface area contributed by atoms with Crippen LogP contribution in [-0.4, -0.2) is 45.0 Å². The van der Waals surface area contributed by atoms with Gasteiger partial charge in [0.2, 0.25) is 18.6 Å². The summed E-state index contributed by atoms with van der Waals surface area (Å²) in [7, 11) is 0. The van der Waals surface area contributed by atoms with Gasteiger partial charge >= 0.3 is 5.97 Å². The molecule has 11 heteroatoms. The van der Waals surface area contributed by atoms with Crippen molar-refractivity contribution in [2.45, 2.75) is 18.2 Å². The lowest BCUT2D eigenvalue weighted by molar-refractivity contribution is -0.128. The molecule has 2 N–H and O–H groups in total. The average molecular weight is 522 g/mol. The van der Waals surface area contributed by atoms with Crippen molar-refractivity contribution in [3.8, 4) is 11.5 Å². The summed E-state index contributed by atoms with van der Waals surface area (Å²) >= 11 is 1.15. The second-order valence-corrected chi connectivity index (χ2v) is 9.39. The predicted molar refractivity (Wildman–Crippen MR) is 135 cm³/mol. The lowest BCUT2D eigenvalue weighted by atomic mass is 10.1. The molecule has 0 saturated carbocycles. The van der Waals surface area contributed by atoms with Gasteiger partial charge in [-0.25, -0.2) is 14.2 Å². The molecule has 9 nitrogen and oxygen atoms in total. The fourth-order valence-electron chi connectivity index (χ4n) is 3.80. The maximum atomic E-state index is 13.4. The van der Waals surface area contributed by atoms with Crippen LogP contribution in [0.3, 0.4) is 0 Å². The van der Waals surface area contributed by atoms with Gasteiger partial charge in [0.05, 0.1) is 17.8 Å². The summed E-state index contributed by atoms with van der Waals surface area (Å²) in [6.07, 6.45) is -0.121. The summed E-state index contributed by atoms with van der Waals surface area (Å²) in [5, 5.41) is 11.4. The van der Waals surface area contributed by atoms with Gasteiger partial charge in [-0.1, -0.05) is 17.8 Å². The van der Waals surface area contributed by atoms with Gasteiger partial charge in [0, 0.05) is 12.1 Å². The maximum Gasteiger partial charge on any atom is 0.335 e. The SMILES string of the molecule is O=C(C[C@H]1SC(=Nc2ccc(F)cc2)N(Cc2ccc3c(c2)OCO3)C1=O)Nc1ccc(C(=O)O)cc1. The summed E-state index contributed by atoms with van der Waals surface area (Å²) in [6.45, 7) is 0.321. The number of fused-ring (bicyclic) bond motifs is 1. The second kappa shape index (κ2) is 10.3. The predicted octanol–water partition coefficient (Wildman–Crippen LogP) is 4.41. The van der Waals surface area contributed by atoms with Crippen LogP contribution >= 0.6 is 11.8 Å². The molecule has 188 valence electrons. The van der Waals surface area contributed by atoms with E-state index in [-0.39, 0.29) is 31.2 Å². The Kier molecular flexibility index (Phi) is 6.78. The molecule has 0 spiro atoms. The fraction of sp³-hybridized carbons (Fsp3) is 0.154. The van der Waals surface area contributed by atoms with Crippen LogP contribution in [0.25, 0.3) is 0 Å². The molecule has 5 rings (SSSR count). The highest BCUT2D eigenvalue weighted by molar-refractivity contribution is 8.15. The lowest BCUT2D eigenvalue weighted by Crippen LogP contribution is -2.33. The highest BCUT2D eigenvalue weighted by Crippen LogP contribution is 2.36. The molecule has 0 unspecified atom stereocenters. The zero-order valence-electron chi connectivity index (χ0n) is 19.2. The number of carboxylic acids is 1. The number of hydrogen-bond donors (Lipinski definition) is 2. The molecule has 2 amide bonds. The van der Waals surface area contributed by atoms with Crippen LogP contribution in [0.15, 0.2) is 71.7 Å². The molecule has 0 aliphatic carbocycles. The van der Waals surface area contributed by atoms with E-state index in [4.69, 9.17) is 14.6 Å². The molecule has 1 fully saturated rings. The largest absolute Gasteiger partial charge is 0.478 e. The molecule has 2 aliphatic rings. The molecule has 3 aromatic rings. The van der Waals surface area contributed by atoms with Crippen molar-refractivity contribution in [3.05, 3.63) is 83.7 Å². The van der Waals surface area contributed by atoms with Gasteiger partial charge in [-0.3, -0.25) is 14.5 Å². The number of aromatic carboxylic acids is 1. The Morgan fingerprint density at radius 1 is 1.05 bits per heavy atom. The Bertz CT molecular complexity index is 1390. The molecule has 3 aromatic carbocycles. The van der Waals surface area contributed by atoms with E-state index in [0.717, 1.165) is 17.3 Å². The lowest BCUT2D eigenvalue weighted by Gasteiger charge is -2.17. The third-order valence-corrected chi connectivity index (χ3v) is 6.81. The number of nitrogens with zero attached hydrogens (tertiary/aromatic N) is 2. The number of halogens is 1. The third kappa shape index (κ3) is 5.56. The third-order valence-electron chi connectivity index (χ3n) is 5.64. The highest BCUT2D eigenvalue weighted by atomic mass is 32.2. The van der Waals surface area contributed by atoms with Crippen LogP contribution in [0.5, 0.6) is 11.5 Å². The first-order valence-electron chi connectivity index (χ1n) is 11.2. The first-order valence-corrected chi connectivity index (χ1v) is 12.1. The van der Waals surface area contributed by atoms with Gasteiger partial charge in [0.1, 0.15) is 11.1 Å². The average Bonchev–Trinajstić information content (AvgIpc) is 3.46. The zero-order chi connectivity index (χ0) is 25.9. The summed E-state index contributed by atoms with van der Waals surface area (Å²) in [4.78, 5) is 43.1. The standard InChI is InChI=1S/C26H20FN3O6S/c27-17-4-8-19(9-5-17)29-26-30(13-15-1-10-20-21(11-15)36-14-35-20)24(32)22(37-26)12-23(31)28-18-6-2-16(3-7-18)25(33)34/h1-11,22H,12-14H2,(H,28,31)(H,33,34)/t22-/m1/s1. The van der Waals surface area contributed by atoms with E-state index in [2.05, 4.69) is 10.3 Å². The minimum Gasteiger partial charge on any atom is -0.478 e. The fourth-order valence-corrected chi connectivity index (χ4v) is 4.95. The molecule has 1 saturated heterocycles. The zero-order valence-corrected chi connectivity index (χ0v) is 20.0. The number of carbonyl (C=O) groups excluding carboxylic acids is 2. The van der Waals surface area contributed by atoms with E-state index in [0.29, 0.717) is 28.0 Å². The first-order chi connectivity index (χ1) is 17.9. The van der Waals surface area contributed by atoms with Crippen LogP contribution in [0.1, 0.15) is 22.3 Å². The van der Waals surface area contributed by atoms with Gasteiger partial charge in [-0.05, 0) is 66.2 Å². The number of thioether (sulfide) groups is 1. The van der Waals surface area contributed by atoms with Crippen molar-refractivity contribution in [2.75, 3.05) is 12.1 Å². The smallest absolute Gasteiger partial charge is 0.335 e. The van der Waals surface area contributed by atoms with E-state index in [1.54, 1.807) is 12.1 Å². The molecule has 0 bridgehead atoms. The second-order valence-electron chi connectivity index (χ2n) is 8.22. The maximum absolute atomic E-state index is 13.4. The van der Waals surface area contributed by atoms with Crippen molar-refractivity contribution in [1.29, 1.82) is 0 Å². The van der Waals surface area contributed by atoms with Gasteiger partial charge in [0.15, 0.2) is 16.7 Å². The number of amides is 2. The number of carboxylic acid groups (broad SMARTS) is 1. The van der Waals surface area contributed by atoms with E-state index in [1.807, 2.05) is 6.07 Å². The Hall–Kier alpha value is -4.38. The summed E-state index contributed by atoms with van der Waals surface area (Å²) in [6, 6.07) is 16.7. The Morgan fingerprint density at radius 3 is 2.51 bits per heavy atom. The highest BCUT2D eigenvalue weighted by Gasteiger charge is 2.39. The van der Waals surface area contributed by atoms with E-state index in [1.165, 1.54) is 53.4 Å². The van der Waals surface area contributed by atoms with Crippen LogP contribution in [0.2, 0.25) is 0 Å². The van der Waals surface area contributed by atoms with Gasteiger partial charge in [0.25, 0.3) is 0 Å². The molecule has 2 heterocycles. The van der Waals surface area contributed by atoms with Gasteiger partial charge in [-0.15, -0.1) is 0 Å². The van der Waals surface area contributed by atoms with Crippen LogP contribution in [-0.2, 0) is 16.1 Å². The van der Waals surface area contributed by atoms with Crippen molar-refractivity contribution >= 4 is 46.1 Å². The first kappa shape index (κ1) is 24.3. The molecule has 0 aromatic heterocycles. The normalized spacial score (nSPS) is 17.3. The number of carbonyl (C=O) groups is 3. The Morgan fingerprint density at radius 2 is 1.78 bits per heavy atom. The van der Waals surface area contributed by atoms with Gasteiger partial charge < -0.3 is 19.9 Å². The Labute approximate surface area is 214 Å². The van der Waals surface area contributed by atoms with E-state index < -0.39 is 22.9 Å². The van der Waals surface area contributed by atoms with Crippen LogP contribution in [0.4, 0.5) is 15.8 Å². The minimum atomic E-state index is -1.07. The van der Waals surface area contributed by atoms with E-state index in [9.17, 15) is 18.8 Å². The monoisotopic (exact) mass is 521 g/mol. The van der Waals surface area contributed by atoms with Crippen molar-refractivity contribution < 1.29 is 33.4 Å². The quantitative estimate of drug-likeness (QED) is 0.473. The number of aliphatic imine (C=N–C) groups is 1. The van der Waals surface area contributed by atoms with Crippen molar-refractivity contribution in [3.63, 3.8) is 0 Å². The molecular weight excluding hydrogens is 501 g/mol. The summed E-state index contributed by atoms with van der Waals surface area (Å²) in [5.74, 6) is -0.959. The topological polar surface area (TPSA) is 118 Å². The molecular formula is C26H20FN3O6S. The summed E-state index contributed by atoms with van der Waals surface area (Å²) in [5.41, 5.74) is 1.77. The number of anilines is 1. The molecule has 0 radical (unpaired) electrons. The van der Waals surface area contributed by atoms with Crippen LogP contribution < -0.4 is 14.8 Å². The molecule has 37 heavy (non-hydrogen) atoms. The molecule has 2 aliphatic heterocycles. The Balaban J connectivity index is 1.34. The number of benzene rings is 3. The van der Waals surface area contributed by atoms with Gasteiger partial charge in [-0.2, -0.15) is 0 Å². The van der Waals surface area contributed by atoms with Crippen LogP contribution in [0, 0.1) is 5.82 Å². The molecule has 1 atom stereocenters. The van der Waals surface area contributed by atoms with E-state index >= 15 is 0 Å². The number of rotatable bonds is 7. The number of amidine groups is 1. The van der Waals surface area contributed by atoms with Crippen molar-refractivity contribution in [2.24, 2.45) is 4.99 Å². The number of nitrogens with one attached hydrogen (secondary N) is 1.